The summed E-state index contributed by atoms with van der Waals surface area (Å²) in [6.45, 7) is 11.1. The molecule has 0 heterocycles. The van der Waals surface area contributed by atoms with E-state index in [-0.39, 0.29) is 40.8 Å². The van der Waals surface area contributed by atoms with Crippen molar-refractivity contribution in [3.8, 4) is 0 Å². The molecule has 4 nitrogen and oxygen atoms in total. The molecule has 178 valence electrons. The lowest BCUT2D eigenvalue weighted by atomic mass is 9.46. The van der Waals surface area contributed by atoms with Crippen LogP contribution in [0, 0.1) is 46.3 Å². The number of rotatable bonds is 5. The van der Waals surface area contributed by atoms with Crippen molar-refractivity contribution in [2.75, 3.05) is 0 Å². The molecule has 4 N–H and O–H groups in total. The molecule has 11 atom stereocenters. The van der Waals surface area contributed by atoms with Gasteiger partial charge in [-0.15, -0.1) is 0 Å². The fraction of sp³-hybridized carbons (Fsp3) is 0.926. The minimum absolute atomic E-state index is 0.0293. The van der Waals surface area contributed by atoms with Crippen LogP contribution in [0.3, 0.4) is 0 Å². The van der Waals surface area contributed by atoms with Gasteiger partial charge in [0.2, 0.25) is 0 Å². The maximum absolute atomic E-state index is 11.6. The Morgan fingerprint density at radius 2 is 1.77 bits per heavy atom. The summed E-state index contributed by atoms with van der Waals surface area (Å²) in [5.41, 5.74) is 1.17. The number of fused-ring (bicyclic) bond motifs is 5. The standard InChI is InChI=1S/C27H46O4/c1-15(2)6-9-21(29)16(3)24-22(30)13-20-19-8-7-17-12-18(28)10-11-26(17,4)25(19)23(31)14-27(20,24)5/h7,15-16,18-25,28-31H,6,8-14H2,1-5H3/t16-,18+,19+,20+,21+,22+,23+,24+,25-,26+,27+/m1/s1. The molecule has 0 bridgehead atoms. The minimum atomic E-state index is -0.406. The molecule has 0 spiro atoms. The highest BCUT2D eigenvalue weighted by atomic mass is 16.3. The van der Waals surface area contributed by atoms with Gasteiger partial charge in [0.15, 0.2) is 0 Å². The minimum Gasteiger partial charge on any atom is -0.393 e. The Bertz CT molecular complexity index is 689. The average molecular weight is 435 g/mol. The van der Waals surface area contributed by atoms with Crippen LogP contribution in [0.2, 0.25) is 0 Å². The maximum atomic E-state index is 11.6. The summed E-state index contributed by atoms with van der Waals surface area (Å²) in [4.78, 5) is 0. The van der Waals surface area contributed by atoms with Crippen molar-refractivity contribution in [1.29, 1.82) is 0 Å². The van der Waals surface area contributed by atoms with Gasteiger partial charge in [-0.1, -0.05) is 46.3 Å². The van der Waals surface area contributed by atoms with Crippen molar-refractivity contribution in [2.45, 2.75) is 110 Å². The first-order chi connectivity index (χ1) is 14.5. The molecule has 0 amide bonds. The molecule has 0 aliphatic heterocycles. The monoisotopic (exact) mass is 434 g/mol. The molecular formula is C27H46O4. The maximum Gasteiger partial charge on any atom is 0.0585 e. The highest BCUT2D eigenvalue weighted by Gasteiger charge is 2.64. The molecule has 0 unspecified atom stereocenters. The van der Waals surface area contributed by atoms with Crippen molar-refractivity contribution in [2.24, 2.45) is 46.3 Å². The predicted molar refractivity (Wildman–Crippen MR) is 123 cm³/mol. The second-order valence-electron chi connectivity index (χ2n) is 12.6. The van der Waals surface area contributed by atoms with Crippen molar-refractivity contribution in [3.63, 3.8) is 0 Å². The van der Waals surface area contributed by atoms with Crippen molar-refractivity contribution >= 4 is 0 Å². The van der Waals surface area contributed by atoms with Crippen LogP contribution in [-0.2, 0) is 0 Å². The SMILES string of the molecule is CC(C)CC[C@H](O)[C@@H](C)[C@H]1[C@@H](O)C[C@H]2[C@@H]3CC=C4C[C@@H](O)CC[C@]4(C)[C@H]3[C@@H](O)C[C@]12C. The molecule has 4 aliphatic rings. The Labute approximate surface area is 189 Å². The lowest BCUT2D eigenvalue weighted by Gasteiger charge is -2.60. The number of hydrogen-bond acceptors (Lipinski definition) is 4. The largest absolute Gasteiger partial charge is 0.393 e. The number of aliphatic hydroxyl groups excluding tert-OH is 4. The molecule has 0 radical (unpaired) electrons. The van der Waals surface area contributed by atoms with E-state index in [9.17, 15) is 20.4 Å². The molecule has 0 aromatic heterocycles. The molecule has 0 aromatic carbocycles. The fourth-order valence-electron chi connectivity index (χ4n) is 8.78. The van der Waals surface area contributed by atoms with Gasteiger partial charge in [0, 0.05) is 0 Å². The summed E-state index contributed by atoms with van der Waals surface area (Å²) in [6, 6.07) is 0. The molecule has 4 heteroatoms. The van der Waals surface area contributed by atoms with E-state index in [0.29, 0.717) is 24.2 Å². The molecule has 0 aromatic rings. The first-order valence-electron chi connectivity index (χ1n) is 12.9. The number of hydrogen-bond donors (Lipinski definition) is 4. The Hall–Kier alpha value is -0.420. The second kappa shape index (κ2) is 8.42. The summed E-state index contributed by atoms with van der Waals surface area (Å²) < 4.78 is 0. The zero-order chi connectivity index (χ0) is 22.7. The van der Waals surface area contributed by atoms with Crippen LogP contribution in [0.4, 0.5) is 0 Å². The van der Waals surface area contributed by atoms with E-state index in [1.54, 1.807) is 0 Å². The first kappa shape index (κ1) is 23.7. The Balaban J connectivity index is 1.60. The van der Waals surface area contributed by atoms with Gasteiger partial charge in [0.25, 0.3) is 0 Å². The van der Waals surface area contributed by atoms with Gasteiger partial charge in [-0.2, -0.15) is 0 Å². The van der Waals surface area contributed by atoms with Gasteiger partial charge in [-0.25, -0.2) is 0 Å². The van der Waals surface area contributed by atoms with Crippen LogP contribution < -0.4 is 0 Å². The summed E-state index contributed by atoms with van der Waals surface area (Å²) in [5.74, 6) is 1.59. The van der Waals surface area contributed by atoms with E-state index >= 15 is 0 Å². The lowest BCUT2D eigenvalue weighted by Crippen LogP contribution is -2.57. The number of allylic oxidation sites excluding steroid dienone is 1. The summed E-state index contributed by atoms with van der Waals surface area (Å²) in [6.07, 6.45) is 7.67. The summed E-state index contributed by atoms with van der Waals surface area (Å²) in [5, 5.41) is 44.0. The Morgan fingerprint density at radius 1 is 1.06 bits per heavy atom. The Morgan fingerprint density at radius 3 is 2.45 bits per heavy atom. The van der Waals surface area contributed by atoms with Crippen molar-refractivity contribution in [1.82, 2.24) is 0 Å². The van der Waals surface area contributed by atoms with Gasteiger partial charge in [0.05, 0.1) is 24.4 Å². The van der Waals surface area contributed by atoms with Crippen LogP contribution >= 0.6 is 0 Å². The van der Waals surface area contributed by atoms with Crippen LogP contribution in [-0.4, -0.2) is 44.8 Å². The quantitative estimate of drug-likeness (QED) is 0.486. The van der Waals surface area contributed by atoms with Crippen LogP contribution in [0.1, 0.15) is 86.0 Å². The molecule has 31 heavy (non-hydrogen) atoms. The average Bonchev–Trinajstić information content (AvgIpc) is 2.95. The third-order valence-electron chi connectivity index (χ3n) is 10.3. The highest BCUT2D eigenvalue weighted by Crippen LogP contribution is 2.67. The third-order valence-corrected chi connectivity index (χ3v) is 10.3. The van der Waals surface area contributed by atoms with E-state index in [4.69, 9.17) is 0 Å². The van der Waals surface area contributed by atoms with E-state index in [1.807, 2.05) is 0 Å². The van der Waals surface area contributed by atoms with E-state index in [2.05, 4.69) is 40.7 Å². The molecule has 3 fully saturated rings. The highest BCUT2D eigenvalue weighted by molar-refractivity contribution is 5.27. The first-order valence-corrected chi connectivity index (χ1v) is 12.9. The summed E-state index contributed by atoms with van der Waals surface area (Å²) in [7, 11) is 0. The van der Waals surface area contributed by atoms with Crippen LogP contribution in [0.25, 0.3) is 0 Å². The van der Waals surface area contributed by atoms with E-state index < -0.39 is 12.2 Å². The molecule has 3 saturated carbocycles. The van der Waals surface area contributed by atoms with Gasteiger partial charge in [0.1, 0.15) is 0 Å². The molecular weight excluding hydrogens is 388 g/mol. The third kappa shape index (κ3) is 3.84. The molecule has 4 aliphatic carbocycles. The van der Waals surface area contributed by atoms with E-state index in [1.165, 1.54) is 5.57 Å². The lowest BCUT2D eigenvalue weighted by molar-refractivity contribution is -0.136. The fourth-order valence-corrected chi connectivity index (χ4v) is 8.78. The molecule has 0 saturated heterocycles. The smallest absolute Gasteiger partial charge is 0.0585 e. The summed E-state index contributed by atoms with van der Waals surface area (Å²) >= 11 is 0. The normalized spacial score (nSPS) is 49.1. The van der Waals surface area contributed by atoms with Gasteiger partial charge < -0.3 is 20.4 Å². The second-order valence-corrected chi connectivity index (χ2v) is 12.6. The van der Waals surface area contributed by atoms with Crippen LogP contribution in [0.15, 0.2) is 11.6 Å². The van der Waals surface area contributed by atoms with E-state index in [0.717, 1.165) is 44.9 Å². The zero-order valence-corrected chi connectivity index (χ0v) is 20.3. The topological polar surface area (TPSA) is 80.9 Å². The van der Waals surface area contributed by atoms with Gasteiger partial charge >= 0.3 is 0 Å². The predicted octanol–water partition coefficient (Wildman–Crippen LogP) is 4.30. The van der Waals surface area contributed by atoms with Gasteiger partial charge in [-0.05, 0) is 97.7 Å². The van der Waals surface area contributed by atoms with Crippen LogP contribution in [0.5, 0.6) is 0 Å². The van der Waals surface area contributed by atoms with Crippen molar-refractivity contribution in [3.05, 3.63) is 11.6 Å². The number of aliphatic hydroxyl groups is 4. The molecule has 4 rings (SSSR count). The van der Waals surface area contributed by atoms with Gasteiger partial charge in [-0.3, -0.25) is 0 Å². The van der Waals surface area contributed by atoms with Crippen molar-refractivity contribution < 1.29 is 20.4 Å². The Kier molecular flexibility index (Phi) is 6.44. The zero-order valence-electron chi connectivity index (χ0n) is 20.3.